The van der Waals surface area contributed by atoms with Crippen LogP contribution in [0.4, 0.5) is 0 Å². The summed E-state index contributed by atoms with van der Waals surface area (Å²) in [4.78, 5) is 38.0. The zero-order chi connectivity index (χ0) is 15.1. The van der Waals surface area contributed by atoms with E-state index in [1.165, 1.54) is 4.90 Å². The van der Waals surface area contributed by atoms with Crippen molar-refractivity contribution in [3.05, 3.63) is 29.3 Å². The van der Waals surface area contributed by atoms with Crippen LogP contribution in [-0.2, 0) is 9.59 Å². The van der Waals surface area contributed by atoms with Crippen molar-refractivity contribution in [3.8, 4) is 0 Å². The summed E-state index contributed by atoms with van der Waals surface area (Å²) < 4.78 is 0. The van der Waals surface area contributed by atoms with Gasteiger partial charge in [-0.2, -0.15) is 0 Å². The molecular formula is C14H16N2O3S. The van der Waals surface area contributed by atoms with Gasteiger partial charge in [0.15, 0.2) is 0 Å². The molecule has 1 aliphatic heterocycles. The lowest BCUT2D eigenvalue weighted by atomic mass is 9.96. The van der Waals surface area contributed by atoms with Gasteiger partial charge in [-0.3, -0.25) is 19.7 Å². The molecule has 106 valence electrons. The Bertz CT molecular complexity index is 610. The highest BCUT2D eigenvalue weighted by atomic mass is 32.1. The molecule has 20 heavy (non-hydrogen) atoms. The Morgan fingerprint density at radius 2 is 2.00 bits per heavy atom. The summed E-state index contributed by atoms with van der Waals surface area (Å²) in [7, 11) is 0. The van der Waals surface area contributed by atoms with Crippen molar-refractivity contribution >= 4 is 30.4 Å². The Kier molecular flexibility index (Phi) is 3.60. The molecule has 1 saturated heterocycles. The van der Waals surface area contributed by atoms with E-state index in [1.807, 2.05) is 0 Å². The minimum absolute atomic E-state index is 0.131. The minimum atomic E-state index is -1.07. The summed E-state index contributed by atoms with van der Waals surface area (Å²) in [5, 5.41) is 2.25. The molecule has 6 heteroatoms. The van der Waals surface area contributed by atoms with Crippen LogP contribution >= 0.6 is 12.6 Å². The standard InChI is InChI=1S/C14H16N2O3S/c1-8-4-5-9(20)6-10(8)12(18)16-7-11(17)15-13(19)14(16,2)3/h4-6,20H,7H2,1-3H3,(H,15,17,19). The van der Waals surface area contributed by atoms with Crippen molar-refractivity contribution in [1.29, 1.82) is 0 Å². The average molecular weight is 292 g/mol. The number of nitrogens with zero attached hydrogens (tertiary/aromatic N) is 1. The van der Waals surface area contributed by atoms with Crippen LogP contribution in [0, 0.1) is 6.92 Å². The summed E-state index contributed by atoms with van der Waals surface area (Å²) in [5.74, 6) is -1.28. The van der Waals surface area contributed by atoms with Crippen LogP contribution in [0.3, 0.4) is 0 Å². The van der Waals surface area contributed by atoms with E-state index >= 15 is 0 Å². The molecule has 0 aromatic heterocycles. The first-order valence-corrected chi connectivity index (χ1v) is 6.64. The lowest BCUT2D eigenvalue weighted by Gasteiger charge is -2.40. The van der Waals surface area contributed by atoms with Crippen LogP contribution in [0.15, 0.2) is 23.1 Å². The van der Waals surface area contributed by atoms with Gasteiger partial charge >= 0.3 is 0 Å². The van der Waals surface area contributed by atoms with Crippen molar-refractivity contribution in [2.75, 3.05) is 6.54 Å². The third-order valence-corrected chi connectivity index (χ3v) is 3.76. The van der Waals surface area contributed by atoms with Gasteiger partial charge in [-0.25, -0.2) is 0 Å². The third-order valence-electron chi connectivity index (χ3n) is 3.48. The Labute approximate surface area is 122 Å². The predicted octanol–water partition coefficient (Wildman–Crippen LogP) is 1.16. The molecule has 1 fully saturated rings. The second-order valence-electron chi connectivity index (χ2n) is 5.33. The van der Waals surface area contributed by atoms with Crippen LogP contribution in [0.1, 0.15) is 29.8 Å². The lowest BCUT2D eigenvalue weighted by molar-refractivity contribution is -0.143. The number of benzene rings is 1. The SMILES string of the molecule is Cc1ccc(S)cc1C(=O)N1CC(=O)NC(=O)C1(C)C. The zero-order valence-corrected chi connectivity index (χ0v) is 12.5. The molecule has 0 unspecified atom stereocenters. The van der Waals surface area contributed by atoms with E-state index in [0.29, 0.717) is 10.5 Å². The average Bonchev–Trinajstić information content (AvgIpc) is 2.36. The van der Waals surface area contributed by atoms with Gasteiger partial charge in [0.1, 0.15) is 12.1 Å². The number of carbonyl (C=O) groups is 3. The number of piperazine rings is 1. The van der Waals surface area contributed by atoms with Gasteiger partial charge in [-0.15, -0.1) is 12.6 Å². The highest BCUT2D eigenvalue weighted by Crippen LogP contribution is 2.23. The maximum absolute atomic E-state index is 12.6. The first kappa shape index (κ1) is 14.6. The minimum Gasteiger partial charge on any atom is -0.315 e. The molecule has 5 nitrogen and oxygen atoms in total. The van der Waals surface area contributed by atoms with Gasteiger partial charge in [-0.1, -0.05) is 6.07 Å². The van der Waals surface area contributed by atoms with E-state index in [2.05, 4.69) is 17.9 Å². The fraction of sp³-hybridized carbons (Fsp3) is 0.357. The second kappa shape index (κ2) is 4.94. The molecule has 3 amide bonds. The van der Waals surface area contributed by atoms with Crippen molar-refractivity contribution in [3.63, 3.8) is 0 Å². The van der Waals surface area contributed by atoms with Crippen LogP contribution in [0.2, 0.25) is 0 Å². The molecular weight excluding hydrogens is 276 g/mol. The largest absolute Gasteiger partial charge is 0.315 e. The number of rotatable bonds is 1. The van der Waals surface area contributed by atoms with Gasteiger partial charge in [0, 0.05) is 10.5 Å². The Hall–Kier alpha value is -1.82. The molecule has 2 rings (SSSR count). The second-order valence-corrected chi connectivity index (χ2v) is 5.84. The highest BCUT2D eigenvalue weighted by Gasteiger charge is 2.43. The number of thiol groups is 1. The van der Waals surface area contributed by atoms with Crippen molar-refractivity contribution in [2.45, 2.75) is 31.2 Å². The number of nitrogens with one attached hydrogen (secondary N) is 1. The van der Waals surface area contributed by atoms with Crippen LogP contribution in [-0.4, -0.2) is 34.7 Å². The molecule has 1 aromatic carbocycles. The number of aryl methyl sites for hydroxylation is 1. The highest BCUT2D eigenvalue weighted by molar-refractivity contribution is 7.80. The molecule has 0 atom stereocenters. The fourth-order valence-electron chi connectivity index (χ4n) is 2.09. The van der Waals surface area contributed by atoms with Gasteiger partial charge in [0.2, 0.25) is 5.91 Å². The van der Waals surface area contributed by atoms with E-state index in [0.717, 1.165) is 5.56 Å². The van der Waals surface area contributed by atoms with E-state index in [-0.39, 0.29) is 12.5 Å². The van der Waals surface area contributed by atoms with E-state index < -0.39 is 17.4 Å². The molecule has 1 heterocycles. The quantitative estimate of drug-likeness (QED) is 0.603. The van der Waals surface area contributed by atoms with Crippen LogP contribution < -0.4 is 5.32 Å². The van der Waals surface area contributed by atoms with Gasteiger partial charge in [0.25, 0.3) is 11.8 Å². The summed E-state index contributed by atoms with van der Waals surface area (Å²) >= 11 is 4.22. The maximum atomic E-state index is 12.6. The predicted molar refractivity (Wildman–Crippen MR) is 76.7 cm³/mol. The number of hydrogen-bond acceptors (Lipinski definition) is 4. The Morgan fingerprint density at radius 1 is 1.35 bits per heavy atom. The first-order chi connectivity index (χ1) is 9.23. The smallest absolute Gasteiger partial charge is 0.255 e. The number of imide groups is 1. The van der Waals surface area contributed by atoms with E-state index in [9.17, 15) is 14.4 Å². The van der Waals surface area contributed by atoms with Crippen LogP contribution in [0.25, 0.3) is 0 Å². The van der Waals surface area contributed by atoms with Gasteiger partial charge in [0.05, 0.1) is 0 Å². The fourth-order valence-corrected chi connectivity index (χ4v) is 2.30. The normalized spacial score (nSPS) is 17.9. The molecule has 0 radical (unpaired) electrons. The third kappa shape index (κ3) is 2.43. The molecule has 0 aliphatic carbocycles. The van der Waals surface area contributed by atoms with E-state index in [4.69, 9.17) is 0 Å². The molecule has 1 aromatic rings. The lowest BCUT2D eigenvalue weighted by Crippen LogP contribution is -2.65. The van der Waals surface area contributed by atoms with Gasteiger partial charge < -0.3 is 4.90 Å². The Morgan fingerprint density at radius 3 is 2.65 bits per heavy atom. The molecule has 1 N–H and O–H groups in total. The molecule has 0 spiro atoms. The van der Waals surface area contributed by atoms with Crippen LogP contribution in [0.5, 0.6) is 0 Å². The van der Waals surface area contributed by atoms with Crippen molar-refractivity contribution in [1.82, 2.24) is 10.2 Å². The van der Waals surface area contributed by atoms with Crippen molar-refractivity contribution < 1.29 is 14.4 Å². The first-order valence-electron chi connectivity index (χ1n) is 6.19. The number of amides is 3. The molecule has 0 saturated carbocycles. The van der Waals surface area contributed by atoms with E-state index in [1.54, 1.807) is 39.0 Å². The topological polar surface area (TPSA) is 66.5 Å². The van der Waals surface area contributed by atoms with Crippen molar-refractivity contribution in [2.24, 2.45) is 0 Å². The zero-order valence-electron chi connectivity index (χ0n) is 11.6. The number of hydrogen-bond donors (Lipinski definition) is 2. The summed E-state index contributed by atoms with van der Waals surface area (Å²) in [6.45, 7) is 4.91. The monoisotopic (exact) mass is 292 g/mol. The molecule has 0 bridgehead atoms. The van der Waals surface area contributed by atoms with Gasteiger partial charge in [-0.05, 0) is 38.5 Å². The Balaban J connectivity index is 2.43. The molecule has 1 aliphatic rings. The summed E-state index contributed by atoms with van der Waals surface area (Å²) in [6.07, 6.45) is 0. The number of carbonyl (C=O) groups excluding carboxylic acids is 3. The maximum Gasteiger partial charge on any atom is 0.255 e. The summed E-state index contributed by atoms with van der Waals surface area (Å²) in [5.41, 5.74) is 0.166. The summed E-state index contributed by atoms with van der Waals surface area (Å²) in [6, 6.07) is 5.22.